The minimum atomic E-state index is -0.897. The molecule has 1 aliphatic heterocycles. The van der Waals surface area contributed by atoms with Crippen LogP contribution in [0.4, 0.5) is 0 Å². The van der Waals surface area contributed by atoms with Crippen molar-refractivity contribution >= 4 is 39.4 Å². The van der Waals surface area contributed by atoms with Crippen molar-refractivity contribution in [2.45, 2.75) is 44.2 Å². The topological polar surface area (TPSA) is 71.4 Å². The van der Waals surface area contributed by atoms with Gasteiger partial charge in [0.2, 0.25) is 5.91 Å². The summed E-state index contributed by atoms with van der Waals surface area (Å²) in [6.07, 6.45) is 5.24. The van der Waals surface area contributed by atoms with Gasteiger partial charge in [-0.15, -0.1) is 0 Å². The van der Waals surface area contributed by atoms with Gasteiger partial charge in [0, 0.05) is 11.4 Å². The van der Waals surface area contributed by atoms with E-state index in [1.165, 1.54) is 15.9 Å². The van der Waals surface area contributed by atoms with Gasteiger partial charge in [0.05, 0.1) is 5.52 Å². The summed E-state index contributed by atoms with van der Waals surface area (Å²) < 4.78 is 1.49. The molecule has 6 nitrogen and oxygen atoms in total. The van der Waals surface area contributed by atoms with Crippen molar-refractivity contribution in [2.24, 2.45) is 0 Å². The highest BCUT2D eigenvalue weighted by Crippen LogP contribution is 2.33. The van der Waals surface area contributed by atoms with Crippen molar-refractivity contribution in [3.05, 3.63) is 84.1 Å². The van der Waals surface area contributed by atoms with E-state index in [0.717, 1.165) is 47.4 Å². The first-order chi connectivity index (χ1) is 17.1. The summed E-state index contributed by atoms with van der Waals surface area (Å²) in [6.45, 7) is -0.156. The van der Waals surface area contributed by atoms with Gasteiger partial charge in [-0.3, -0.25) is 19.0 Å². The van der Waals surface area contributed by atoms with Crippen molar-refractivity contribution in [1.82, 2.24) is 14.8 Å². The maximum Gasteiger partial charge on any atom is 0.272 e. The van der Waals surface area contributed by atoms with Gasteiger partial charge in [0.25, 0.3) is 11.8 Å². The van der Waals surface area contributed by atoms with Gasteiger partial charge >= 0.3 is 0 Å². The number of nitrogens with zero attached hydrogens (tertiary/aromatic N) is 2. The molecule has 3 aromatic carbocycles. The highest BCUT2D eigenvalue weighted by Gasteiger charge is 2.40. The van der Waals surface area contributed by atoms with E-state index in [-0.39, 0.29) is 30.3 Å². The molecule has 6 heteroatoms. The van der Waals surface area contributed by atoms with Crippen molar-refractivity contribution in [3.8, 4) is 0 Å². The molecule has 0 radical (unpaired) electrons. The van der Waals surface area contributed by atoms with E-state index in [0.29, 0.717) is 11.2 Å². The molecule has 1 aromatic heterocycles. The third-order valence-electron chi connectivity index (χ3n) is 7.38. The molecule has 0 bridgehead atoms. The van der Waals surface area contributed by atoms with E-state index >= 15 is 0 Å². The van der Waals surface area contributed by atoms with Crippen LogP contribution in [0.2, 0.25) is 0 Å². The van der Waals surface area contributed by atoms with E-state index < -0.39 is 6.04 Å². The van der Waals surface area contributed by atoms with Gasteiger partial charge in [0.15, 0.2) is 0 Å². The molecule has 1 unspecified atom stereocenters. The summed E-state index contributed by atoms with van der Waals surface area (Å²) in [5, 5.41) is 5.95. The number of carbonyl (C=O) groups is 3. The van der Waals surface area contributed by atoms with Gasteiger partial charge in [-0.2, -0.15) is 0 Å². The second-order valence-electron chi connectivity index (χ2n) is 9.57. The van der Waals surface area contributed by atoms with E-state index in [4.69, 9.17) is 0 Å². The Morgan fingerprint density at radius 3 is 2.40 bits per heavy atom. The van der Waals surface area contributed by atoms with Crippen LogP contribution in [0.3, 0.4) is 0 Å². The van der Waals surface area contributed by atoms with Gasteiger partial charge in [0.1, 0.15) is 18.3 Å². The van der Waals surface area contributed by atoms with Crippen LogP contribution in [0.1, 0.15) is 59.0 Å². The Bertz CT molecular complexity index is 1460. The Balaban J connectivity index is 1.46. The normalized spacial score (nSPS) is 17.5. The minimum absolute atomic E-state index is 0.0933. The molecule has 2 heterocycles. The van der Waals surface area contributed by atoms with Crippen LogP contribution < -0.4 is 5.32 Å². The van der Waals surface area contributed by atoms with Crippen LogP contribution in [0.15, 0.2) is 72.8 Å². The molecule has 2 aliphatic rings. The lowest BCUT2D eigenvalue weighted by Crippen LogP contribution is -2.52. The van der Waals surface area contributed by atoms with Crippen molar-refractivity contribution < 1.29 is 14.4 Å². The molecule has 1 aliphatic carbocycles. The number of hydrogen-bond acceptors (Lipinski definition) is 3. The molecule has 4 aromatic rings. The smallest absolute Gasteiger partial charge is 0.272 e. The fourth-order valence-corrected chi connectivity index (χ4v) is 5.69. The quantitative estimate of drug-likeness (QED) is 0.457. The highest BCUT2D eigenvalue weighted by atomic mass is 16.2. The number of rotatable bonds is 4. The number of nitrogens with one attached hydrogen (secondary N) is 1. The predicted molar refractivity (Wildman–Crippen MR) is 135 cm³/mol. The first-order valence-corrected chi connectivity index (χ1v) is 12.3. The minimum Gasteiger partial charge on any atom is -0.351 e. The molecule has 1 atom stereocenters. The van der Waals surface area contributed by atoms with Crippen LogP contribution in [0.5, 0.6) is 0 Å². The lowest BCUT2D eigenvalue weighted by atomic mass is 9.93. The summed E-state index contributed by atoms with van der Waals surface area (Å²) in [5.41, 5.74) is 1.76. The summed E-state index contributed by atoms with van der Waals surface area (Å²) >= 11 is 0. The van der Waals surface area contributed by atoms with Gasteiger partial charge in [-0.25, -0.2) is 0 Å². The summed E-state index contributed by atoms with van der Waals surface area (Å²) in [6, 6.07) is 22.1. The van der Waals surface area contributed by atoms with E-state index in [1.54, 1.807) is 6.07 Å². The maximum atomic E-state index is 13.9. The lowest BCUT2D eigenvalue weighted by molar-refractivity contribution is -0.126. The average molecular weight is 466 g/mol. The van der Waals surface area contributed by atoms with Gasteiger partial charge < -0.3 is 10.2 Å². The molecule has 1 saturated carbocycles. The average Bonchev–Trinajstić information content (AvgIpc) is 3.28. The molecule has 6 rings (SSSR count). The molecule has 0 spiro atoms. The monoisotopic (exact) mass is 465 g/mol. The first kappa shape index (κ1) is 21.6. The Morgan fingerprint density at radius 1 is 0.857 bits per heavy atom. The van der Waals surface area contributed by atoms with Crippen LogP contribution in [-0.4, -0.2) is 39.8 Å². The summed E-state index contributed by atoms with van der Waals surface area (Å²) in [5.74, 6) is -0.743. The Hall–Kier alpha value is -3.93. The summed E-state index contributed by atoms with van der Waals surface area (Å²) in [4.78, 5) is 42.5. The number of carbonyl (C=O) groups excluding carboxylic acids is 3. The molecule has 1 fully saturated rings. The number of fused-ring (bicyclic) bond motifs is 4. The molecule has 2 amide bonds. The number of benzene rings is 3. The molecule has 35 heavy (non-hydrogen) atoms. The third-order valence-corrected chi connectivity index (χ3v) is 7.38. The first-order valence-electron chi connectivity index (χ1n) is 12.3. The van der Waals surface area contributed by atoms with Gasteiger partial charge in [-0.1, -0.05) is 79.9 Å². The van der Waals surface area contributed by atoms with E-state index in [2.05, 4.69) is 5.32 Å². The Morgan fingerprint density at radius 2 is 1.57 bits per heavy atom. The Labute approximate surface area is 203 Å². The standard InChI is InChI=1S/C29H27N3O3/c33-26-18-31(29(35)25-17-20-10-5-7-16-24(20)32(25)26)27(28(34)30-21-12-2-1-3-13-21)23-15-8-11-19-9-4-6-14-22(19)23/h4-11,14-17,21,27H,1-3,12-13,18H2,(H,30,34). The zero-order chi connectivity index (χ0) is 23.9. The molecular weight excluding hydrogens is 438 g/mol. The second-order valence-corrected chi connectivity index (χ2v) is 9.57. The van der Waals surface area contributed by atoms with Crippen molar-refractivity contribution in [1.29, 1.82) is 0 Å². The van der Waals surface area contributed by atoms with Crippen LogP contribution in [-0.2, 0) is 4.79 Å². The molecular formula is C29H27N3O3. The van der Waals surface area contributed by atoms with Crippen LogP contribution in [0, 0.1) is 0 Å². The predicted octanol–water partition coefficient (Wildman–Crippen LogP) is 5.08. The van der Waals surface area contributed by atoms with Gasteiger partial charge in [-0.05, 0) is 41.3 Å². The highest BCUT2D eigenvalue weighted by molar-refractivity contribution is 6.11. The molecule has 176 valence electrons. The fraction of sp³-hybridized carbons (Fsp3) is 0.276. The molecule has 1 N–H and O–H groups in total. The second kappa shape index (κ2) is 8.69. The number of aromatic nitrogens is 1. The number of hydrogen-bond donors (Lipinski definition) is 1. The fourth-order valence-electron chi connectivity index (χ4n) is 5.69. The zero-order valence-corrected chi connectivity index (χ0v) is 19.4. The molecule has 0 saturated heterocycles. The van der Waals surface area contributed by atoms with E-state index in [1.807, 2.05) is 66.7 Å². The number of amides is 2. The summed E-state index contributed by atoms with van der Waals surface area (Å²) in [7, 11) is 0. The van der Waals surface area contributed by atoms with Crippen LogP contribution in [0.25, 0.3) is 21.7 Å². The maximum absolute atomic E-state index is 13.9. The van der Waals surface area contributed by atoms with Crippen molar-refractivity contribution in [2.75, 3.05) is 6.54 Å². The van der Waals surface area contributed by atoms with E-state index in [9.17, 15) is 14.4 Å². The Kier molecular flexibility index (Phi) is 5.36. The third kappa shape index (κ3) is 3.70. The SMILES string of the molecule is O=C(NC1CCCCC1)C(c1cccc2ccccc12)N1CC(=O)n2c(cc3ccccc32)C1=O. The lowest BCUT2D eigenvalue weighted by Gasteiger charge is -2.35. The zero-order valence-electron chi connectivity index (χ0n) is 19.4. The largest absolute Gasteiger partial charge is 0.351 e. The number of para-hydroxylation sites is 1. The van der Waals surface area contributed by atoms with Crippen molar-refractivity contribution in [3.63, 3.8) is 0 Å². The van der Waals surface area contributed by atoms with Crippen LogP contribution >= 0.6 is 0 Å².